The Morgan fingerprint density at radius 3 is 2.65 bits per heavy atom. The first-order valence-corrected chi connectivity index (χ1v) is 8.77. The molecule has 0 saturated heterocycles. The van der Waals surface area contributed by atoms with Crippen LogP contribution in [0.5, 0.6) is 5.75 Å². The molecule has 1 heterocycles. The van der Waals surface area contributed by atoms with Gasteiger partial charge >= 0.3 is 5.97 Å². The Labute approximate surface area is 157 Å². The van der Waals surface area contributed by atoms with Gasteiger partial charge in [0.05, 0.1) is 18.4 Å². The topological polar surface area (TPSA) is 69.6 Å². The van der Waals surface area contributed by atoms with E-state index in [-0.39, 0.29) is 6.61 Å². The molecule has 138 valence electrons. The number of anilines is 1. The highest BCUT2D eigenvalue weighted by atomic mass is 35.5. The van der Waals surface area contributed by atoms with Gasteiger partial charge in [-0.1, -0.05) is 11.6 Å². The van der Waals surface area contributed by atoms with E-state index in [1.807, 2.05) is 19.9 Å². The lowest BCUT2D eigenvalue weighted by molar-refractivity contribution is -0.119. The highest BCUT2D eigenvalue weighted by molar-refractivity contribution is 6.31. The summed E-state index contributed by atoms with van der Waals surface area (Å²) >= 11 is 5.94. The van der Waals surface area contributed by atoms with Gasteiger partial charge in [0, 0.05) is 22.5 Å². The molecule has 3 rings (SSSR count). The summed E-state index contributed by atoms with van der Waals surface area (Å²) in [4.78, 5) is 24.5. The van der Waals surface area contributed by atoms with Crippen molar-refractivity contribution in [2.24, 2.45) is 0 Å². The number of aryl methyl sites for hydroxylation is 1. The minimum atomic E-state index is -0.502. The van der Waals surface area contributed by atoms with E-state index in [9.17, 15) is 9.59 Å². The Balaban J connectivity index is 1.62. The highest BCUT2D eigenvalue weighted by Gasteiger charge is 2.28. The molecular weight excluding hydrogens is 356 g/mol. The lowest BCUT2D eigenvalue weighted by atomic mass is 10.2. The maximum Gasteiger partial charge on any atom is 0.340 e. The summed E-state index contributed by atoms with van der Waals surface area (Å²) in [5.41, 5.74) is 2.84. The van der Waals surface area contributed by atoms with Crippen molar-refractivity contribution in [2.45, 2.75) is 32.7 Å². The van der Waals surface area contributed by atoms with Gasteiger partial charge < -0.3 is 19.4 Å². The van der Waals surface area contributed by atoms with Crippen LogP contribution >= 0.6 is 11.6 Å². The monoisotopic (exact) mass is 376 g/mol. The van der Waals surface area contributed by atoms with Crippen LogP contribution in [0.4, 0.5) is 5.69 Å². The van der Waals surface area contributed by atoms with Crippen LogP contribution in [0.1, 0.15) is 40.6 Å². The lowest BCUT2D eigenvalue weighted by Gasteiger charge is -2.11. The third-order valence-corrected chi connectivity index (χ3v) is 4.62. The second-order valence-corrected chi connectivity index (χ2v) is 6.79. The van der Waals surface area contributed by atoms with Crippen molar-refractivity contribution in [1.29, 1.82) is 0 Å². The SMILES string of the molecule is COc1ccc(Cl)cc1NC(=O)COC(=O)c1cc(C)n(C2CC2)c1C. The number of benzene rings is 1. The van der Waals surface area contributed by atoms with Crippen molar-refractivity contribution < 1.29 is 19.1 Å². The molecule has 6 nitrogen and oxygen atoms in total. The molecule has 1 aliphatic carbocycles. The Hall–Kier alpha value is -2.47. The van der Waals surface area contributed by atoms with Gasteiger partial charge in [-0.25, -0.2) is 4.79 Å². The molecule has 0 atom stereocenters. The molecule has 1 saturated carbocycles. The number of aromatic nitrogens is 1. The summed E-state index contributed by atoms with van der Waals surface area (Å²) in [6, 6.07) is 7.18. The molecule has 1 fully saturated rings. The van der Waals surface area contributed by atoms with Crippen molar-refractivity contribution in [1.82, 2.24) is 4.57 Å². The Kier molecular flexibility index (Phi) is 5.23. The number of rotatable bonds is 6. The van der Waals surface area contributed by atoms with Gasteiger partial charge in [0.15, 0.2) is 6.61 Å². The molecule has 0 bridgehead atoms. The van der Waals surface area contributed by atoms with Crippen LogP contribution in [0.2, 0.25) is 5.02 Å². The van der Waals surface area contributed by atoms with Crippen molar-refractivity contribution in [3.05, 3.63) is 46.2 Å². The zero-order valence-corrected chi connectivity index (χ0v) is 15.7. The molecule has 1 amide bonds. The van der Waals surface area contributed by atoms with Crippen molar-refractivity contribution in [3.8, 4) is 5.75 Å². The molecule has 0 unspecified atom stereocenters. The lowest BCUT2D eigenvalue weighted by Crippen LogP contribution is -2.21. The average molecular weight is 377 g/mol. The number of amides is 1. The van der Waals surface area contributed by atoms with Gasteiger partial charge in [-0.2, -0.15) is 0 Å². The molecule has 1 aromatic carbocycles. The number of hydrogen-bond donors (Lipinski definition) is 1. The Morgan fingerprint density at radius 1 is 1.27 bits per heavy atom. The molecule has 1 aliphatic rings. The fraction of sp³-hybridized carbons (Fsp3) is 0.368. The second kappa shape index (κ2) is 7.41. The van der Waals surface area contributed by atoms with Gasteiger partial charge in [-0.05, 0) is 51.0 Å². The van der Waals surface area contributed by atoms with Crippen LogP contribution in [0, 0.1) is 13.8 Å². The van der Waals surface area contributed by atoms with E-state index in [0.717, 1.165) is 24.2 Å². The van der Waals surface area contributed by atoms with Gasteiger partial charge in [0.1, 0.15) is 5.75 Å². The Bertz CT molecular complexity index is 855. The smallest absolute Gasteiger partial charge is 0.340 e. The first kappa shape index (κ1) is 18.3. The maximum absolute atomic E-state index is 12.3. The quantitative estimate of drug-likeness (QED) is 0.776. The van der Waals surface area contributed by atoms with Crippen LogP contribution in [-0.4, -0.2) is 30.2 Å². The minimum absolute atomic E-state index is 0.387. The van der Waals surface area contributed by atoms with Crippen LogP contribution in [0.25, 0.3) is 0 Å². The molecule has 7 heteroatoms. The number of nitrogens with one attached hydrogen (secondary N) is 1. The zero-order valence-electron chi connectivity index (χ0n) is 15.0. The summed E-state index contributed by atoms with van der Waals surface area (Å²) in [6.45, 7) is 3.49. The van der Waals surface area contributed by atoms with Crippen molar-refractivity contribution in [3.63, 3.8) is 0 Å². The second-order valence-electron chi connectivity index (χ2n) is 6.35. The molecule has 0 radical (unpaired) electrons. The van der Waals surface area contributed by atoms with Gasteiger partial charge in [0.2, 0.25) is 0 Å². The van der Waals surface area contributed by atoms with E-state index < -0.39 is 11.9 Å². The summed E-state index contributed by atoms with van der Waals surface area (Å²) in [5, 5.41) is 3.10. The van der Waals surface area contributed by atoms with E-state index in [1.54, 1.807) is 18.2 Å². The summed E-state index contributed by atoms with van der Waals surface area (Å²) in [6.07, 6.45) is 2.27. The van der Waals surface area contributed by atoms with E-state index in [4.69, 9.17) is 21.1 Å². The third-order valence-electron chi connectivity index (χ3n) is 4.39. The largest absolute Gasteiger partial charge is 0.495 e. The van der Waals surface area contributed by atoms with E-state index in [0.29, 0.717) is 28.1 Å². The molecule has 1 N–H and O–H groups in total. The third kappa shape index (κ3) is 3.85. The highest BCUT2D eigenvalue weighted by Crippen LogP contribution is 2.38. The number of ether oxygens (including phenoxy) is 2. The number of nitrogens with zero attached hydrogens (tertiary/aromatic N) is 1. The number of esters is 1. The predicted molar refractivity (Wildman–Crippen MR) is 99.1 cm³/mol. The van der Waals surface area contributed by atoms with E-state index in [2.05, 4.69) is 9.88 Å². The fourth-order valence-corrected chi connectivity index (χ4v) is 3.22. The number of carbonyl (C=O) groups is 2. The maximum atomic E-state index is 12.3. The molecule has 2 aromatic rings. The van der Waals surface area contributed by atoms with Crippen LogP contribution in [-0.2, 0) is 9.53 Å². The molecule has 0 spiro atoms. The van der Waals surface area contributed by atoms with Gasteiger partial charge in [-0.15, -0.1) is 0 Å². The normalized spacial score (nSPS) is 13.4. The van der Waals surface area contributed by atoms with Crippen LogP contribution in [0.3, 0.4) is 0 Å². The zero-order chi connectivity index (χ0) is 18.8. The number of carbonyl (C=O) groups excluding carboxylic acids is 2. The first-order chi connectivity index (χ1) is 12.4. The molecule has 26 heavy (non-hydrogen) atoms. The Morgan fingerprint density at radius 2 is 2.00 bits per heavy atom. The fourth-order valence-electron chi connectivity index (χ4n) is 3.05. The van der Waals surface area contributed by atoms with Crippen molar-refractivity contribution in [2.75, 3.05) is 19.0 Å². The van der Waals surface area contributed by atoms with Crippen LogP contribution in [0.15, 0.2) is 24.3 Å². The number of halogens is 1. The number of methoxy groups -OCH3 is 1. The predicted octanol–water partition coefficient (Wildman–Crippen LogP) is 3.90. The summed E-state index contributed by atoms with van der Waals surface area (Å²) < 4.78 is 12.5. The summed E-state index contributed by atoms with van der Waals surface area (Å²) in [5.74, 6) is -0.491. The van der Waals surface area contributed by atoms with Gasteiger partial charge in [-0.3, -0.25) is 4.79 Å². The molecule has 0 aliphatic heterocycles. The minimum Gasteiger partial charge on any atom is -0.495 e. The standard InChI is InChI=1S/C19H21ClN2O4/c1-11-8-15(12(2)22(11)14-5-6-14)19(24)26-10-18(23)21-16-9-13(20)4-7-17(16)25-3/h4,7-9,14H,5-6,10H2,1-3H3,(H,21,23). The average Bonchev–Trinajstić information content (AvgIpc) is 3.38. The number of hydrogen-bond acceptors (Lipinski definition) is 4. The summed E-state index contributed by atoms with van der Waals surface area (Å²) in [7, 11) is 1.49. The van der Waals surface area contributed by atoms with E-state index in [1.165, 1.54) is 7.11 Å². The van der Waals surface area contributed by atoms with Crippen molar-refractivity contribution >= 4 is 29.2 Å². The molecular formula is C19H21ClN2O4. The van der Waals surface area contributed by atoms with E-state index >= 15 is 0 Å². The molecule has 1 aromatic heterocycles. The first-order valence-electron chi connectivity index (χ1n) is 8.39. The van der Waals surface area contributed by atoms with Gasteiger partial charge in [0.25, 0.3) is 5.91 Å². The van der Waals surface area contributed by atoms with Crippen LogP contribution < -0.4 is 10.1 Å².